The molecule has 4 heteroatoms. The van der Waals surface area contributed by atoms with Gasteiger partial charge in [-0.25, -0.2) is 0 Å². The second-order valence-electron chi connectivity index (χ2n) is 11.6. The number of hydrogen-bond acceptors (Lipinski definition) is 4. The number of hydrogen-bond donors (Lipinski definition) is 0. The summed E-state index contributed by atoms with van der Waals surface area (Å²) in [7, 11) is 0. The third-order valence-electron chi connectivity index (χ3n) is 6.08. The lowest BCUT2D eigenvalue weighted by Gasteiger charge is -2.68. The molecule has 4 nitrogen and oxygen atoms in total. The minimum atomic E-state index is -0.0432. The van der Waals surface area contributed by atoms with E-state index in [0.29, 0.717) is 24.2 Å². The highest BCUT2D eigenvalue weighted by Crippen LogP contribution is 2.73. The molecule has 0 N–H and O–H groups in total. The van der Waals surface area contributed by atoms with Crippen LogP contribution in [0, 0.1) is 22.7 Å². The van der Waals surface area contributed by atoms with E-state index in [-0.39, 0.29) is 16.6 Å². The molecule has 0 spiro atoms. The molecule has 0 radical (unpaired) electrons. The fourth-order valence-electron chi connectivity index (χ4n) is 4.86. The van der Waals surface area contributed by atoms with E-state index in [0.717, 1.165) is 45.5 Å². The van der Waals surface area contributed by atoms with Crippen molar-refractivity contribution in [3.8, 4) is 11.8 Å². The van der Waals surface area contributed by atoms with Crippen molar-refractivity contribution in [1.29, 1.82) is 0 Å². The summed E-state index contributed by atoms with van der Waals surface area (Å²) >= 11 is 0. The summed E-state index contributed by atoms with van der Waals surface area (Å²) in [5.41, 5.74) is 0.626. The third kappa shape index (κ3) is 6.96. The van der Waals surface area contributed by atoms with Crippen LogP contribution in [0.4, 0.5) is 0 Å². The number of unbranched alkanes of at least 4 members (excludes halogenated alkanes) is 1. The van der Waals surface area contributed by atoms with Crippen molar-refractivity contribution >= 4 is 0 Å². The molecule has 0 heterocycles. The Morgan fingerprint density at radius 2 is 1.52 bits per heavy atom. The SMILES string of the molecule is CC(C)(C)OCCCCOCC#CC12CC(COC3CC(OC(C)(C)C)C3)(C1)C2. The third-order valence-corrected chi connectivity index (χ3v) is 6.08. The van der Waals surface area contributed by atoms with Crippen LogP contribution in [0.25, 0.3) is 0 Å². The fourth-order valence-corrected chi connectivity index (χ4v) is 4.86. The van der Waals surface area contributed by atoms with Crippen LogP contribution in [0.1, 0.15) is 86.5 Å². The summed E-state index contributed by atoms with van der Waals surface area (Å²) in [4.78, 5) is 0. The zero-order chi connectivity index (χ0) is 21.2. The van der Waals surface area contributed by atoms with Gasteiger partial charge in [0.05, 0.1) is 30.0 Å². The second kappa shape index (κ2) is 8.87. The smallest absolute Gasteiger partial charge is 0.107 e. The summed E-state index contributed by atoms with van der Waals surface area (Å²) < 4.78 is 23.5. The summed E-state index contributed by atoms with van der Waals surface area (Å²) in [5.74, 6) is 6.73. The molecule has 29 heavy (non-hydrogen) atoms. The lowest BCUT2D eigenvalue weighted by molar-refractivity contribution is -0.225. The van der Waals surface area contributed by atoms with Crippen molar-refractivity contribution in [1.82, 2.24) is 0 Å². The Morgan fingerprint density at radius 3 is 2.14 bits per heavy atom. The van der Waals surface area contributed by atoms with Gasteiger partial charge >= 0.3 is 0 Å². The van der Waals surface area contributed by atoms with Crippen LogP contribution in [0.2, 0.25) is 0 Å². The van der Waals surface area contributed by atoms with Crippen molar-refractivity contribution in [3.63, 3.8) is 0 Å². The Bertz CT molecular complexity index is 575. The molecule has 4 rings (SSSR count). The first-order chi connectivity index (χ1) is 13.5. The molecule has 4 aliphatic carbocycles. The molecule has 4 saturated carbocycles. The number of rotatable bonds is 10. The summed E-state index contributed by atoms with van der Waals surface area (Å²) in [5, 5.41) is 0. The van der Waals surface area contributed by atoms with Crippen LogP contribution >= 0.6 is 0 Å². The first-order valence-electron chi connectivity index (χ1n) is 11.5. The second-order valence-corrected chi connectivity index (χ2v) is 11.6. The van der Waals surface area contributed by atoms with Gasteiger partial charge in [0.1, 0.15) is 6.61 Å². The normalized spacial score (nSPS) is 33.2. The van der Waals surface area contributed by atoms with Crippen LogP contribution in [-0.4, -0.2) is 49.8 Å². The van der Waals surface area contributed by atoms with Crippen molar-refractivity contribution in [2.75, 3.05) is 26.4 Å². The average molecular weight is 407 g/mol. The fraction of sp³-hybridized carbons (Fsp3) is 0.920. The summed E-state index contributed by atoms with van der Waals surface area (Å²) in [6.45, 7) is 15.7. The lowest BCUT2D eigenvalue weighted by Crippen LogP contribution is -2.63. The van der Waals surface area contributed by atoms with Gasteiger partial charge in [0.25, 0.3) is 0 Å². The molecule has 4 aliphatic rings. The predicted octanol–water partition coefficient (Wildman–Crippen LogP) is 5.13. The zero-order valence-electron chi connectivity index (χ0n) is 19.6. The maximum atomic E-state index is 6.16. The van der Waals surface area contributed by atoms with Crippen molar-refractivity contribution < 1.29 is 18.9 Å². The van der Waals surface area contributed by atoms with Gasteiger partial charge in [-0.1, -0.05) is 11.8 Å². The molecule has 0 aromatic rings. The van der Waals surface area contributed by atoms with Crippen LogP contribution in [0.5, 0.6) is 0 Å². The minimum Gasteiger partial charge on any atom is -0.377 e. The molecule has 0 atom stereocenters. The monoisotopic (exact) mass is 406 g/mol. The molecular weight excluding hydrogens is 364 g/mol. The molecule has 0 saturated heterocycles. The van der Waals surface area contributed by atoms with E-state index in [2.05, 4.69) is 53.4 Å². The van der Waals surface area contributed by atoms with E-state index in [1.165, 1.54) is 19.3 Å². The van der Waals surface area contributed by atoms with Gasteiger partial charge in [0.15, 0.2) is 0 Å². The van der Waals surface area contributed by atoms with Crippen molar-refractivity contribution in [2.24, 2.45) is 10.8 Å². The maximum Gasteiger partial charge on any atom is 0.107 e. The first kappa shape index (κ1) is 23.1. The van der Waals surface area contributed by atoms with Gasteiger partial charge in [-0.3, -0.25) is 0 Å². The summed E-state index contributed by atoms with van der Waals surface area (Å²) in [6.07, 6.45) is 8.61. The molecule has 0 amide bonds. The van der Waals surface area contributed by atoms with Gasteiger partial charge in [-0.2, -0.15) is 0 Å². The maximum absolute atomic E-state index is 6.16. The highest BCUT2D eigenvalue weighted by molar-refractivity contribution is 5.30. The van der Waals surface area contributed by atoms with E-state index in [1.807, 2.05) is 0 Å². The molecule has 2 bridgehead atoms. The molecule has 166 valence electrons. The highest BCUT2D eigenvalue weighted by Gasteiger charge is 2.67. The predicted molar refractivity (Wildman–Crippen MR) is 116 cm³/mol. The Hall–Kier alpha value is -0.600. The minimum absolute atomic E-state index is 0.0427. The Balaban J connectivity index is 1.18. The lowest BCUT2D eigenvalue weighted by atomic mass is 9.36. The van der Waals surface area contributed by atoms with Gasteiger partial charge in [0, 0.05) is 18.6 Å². The highest BCUT2D eigenvalue weighted by atomic mass is 16.5. The molecule has 4 fully saturated rings. The molecule has 0 aromatic carbocycles. The number of ether oxygens (including phenoxy) is 4. The molecular formula is C25H42O4. The van der Waals surface area contributed by atoms with Gasteiger partial charge in [-0.15, -0.1) is 0 Å². The van der Waals surface area contributed by atoms with Crippen molar-refractivity contribution in [3.05, 3.63) is 0 Å². The Kier molecular flexibility index (Phi) is 7.06. The van der Waals surface area contributed by atoms with E-state index in [9.17, 15) is 0 Å². The molecule has 0 aliphatic heterocycles. The molecule has 0 unspecified atom stereocenters. The van der Waals surface area contributed by atoms with Crippen molar-refractivity contribution in [2.45, 2.75) is 110 Å². The van der Waals surface area contributed by atoms with Gasteiger partial charge < -0.3 is 18.9 Å². The quantitative estimate of drug-likeness (QED) is 0.372. The van der Waals surface area contributed by atoms with E-state index in [4.69, 9.17) is 18.9 Å². The van der Waals surface area contributed by atoms with Gasteiger partial charge in [0.2, 0.25) is 0 Å². The topological polar surface area (TPSA) is 36.9 Å². The van der Waals surface area contributed by atoms with Crippen LogP contribution in [0.3, 0.4) is 0 Å². The van der Waals surface area contributed by atoms with Crippen LogP contribution < -0.4 is 0 Å². The Labute approximate surface area is 178 Å². The standard InChI is InChI=1S/C25H42O4/c1-22(2,3)28-13-8-7-11-26-12-9-10-24-16-25(17-24,18-24)19-27-20-14-21(15-20)29-23(4,5)6/h20-21H,7-8,11-19H2,1-6H3. The summed E-state index contributed by atoms with van der Waals surface area (Å²) in [6, 6.07) is 0. The van der Waals surface area contributed by atoms with E-state index < -0.39 is 0 Å². The average Bonchev–Trinajstić information content (AvgIpc) is 2.47. The molecule has 0 aromatic heterocycles. The Morgan fingerprint density at radius 1 is 0.862 bits per heavy atom. The largest absolute Gasteiger partial charge is 0.377 e. The van der Waals surface area contributed by atoms with Crippen LogP contribution in [-0.2, 0) is 18.9 Å². The first-order valence-corrected chi connectivity index (χ1v) is 11.5. The van der Waals surface area contributed by atoms with E-state index in [1.54, 1.807) is 0 Å². The van der Waals surface area contributed by atoms with Gasteiger partial charge in [-0.05, 0) is 91.9 Å². The zero-order valence-corrected chi connectivity index (χ0v) is 19.6. The van der Waals surface area contributed by atoms with E-state index >= 15 is 0 Å². The van der Waals surface area contributed by atoms with Crippen LogP contribution in [0.15, 0.2) is 0 Å².